The molecule has 1 aromatic carbocycles. The van der Waals surface area contributed by atoms with E-state index in [1.165, 1.54) is 7.11 Å². The monoisotopic (exact) mass is 339 g/mol. The normalized spacial score (nSPS) is 21.1. The molecule has 5 nitrogen and oxygen atoms in total. The molecule has 0 saturated carbocycles. The number of hydrogen-bond acceptors (Lipinski definition) is 5. The number of methoxy groups -OCH3 is 1. The van der Waals surface area contributed by atoms with Crippen molar-refractivity contribution < 1.29 is 23.0 Å². The molecule has 0 amide bonds. The van der Waals surface area contributed by atoms with E-state index in [9.17, 15) is 18.3 Å². The predicted octanol–water partition coefficient (Wildman–Crippen LogP) is 2.82. The van der Waals surface area contributed by atoms with Crippen LogP contribution in [0.2, 0.25) is 0 Å². The zero-order valence-electron chi connectivity index (χ0n) is 12.9. The highest BCUT2D eigenvalue weighted by atomic mass is 19.4. The van der Waals surface area contributed by atoms with Crippen LogP contribution >= 0.6 is 0 Å². The highest BCUT2D eigenvalue weighted by molar-refractivity contribution is 5.42. The number of nitrogens with zero attached hydrogens (tertiary/aromatic N) is 3. The molecule has 8 heteroatoms. The average molecular weight is 339 g/mol. The SMILES string of the molecule is COc1cccc(C2CC(O)CN2c2nccc(C(F)(F)F)n2)c1. The smallest absolute Gasteiger partial charge is 0.433 e. The topological polar surface area (TPSA) is 58.5 Å². The Bertz CT molecular complexity index is 724. The third-order valence-electron chi connectivity index (χ3n) is 3.95. The molecule has 0 spiro atoms. The number of rotatable bonds is 3. The molecule has 1 fully saturated rings. The fourth-order valence-corrected chi connectivity index (χ4v) is 2.84. The second-order valence-electron chi connectivity index (χ2n) is 5.57. The average Bonchev–Trinajstić information content (AvgIpc) is 2.96. The molecule has 0 bridgehead atoms. The number of benzene rings is 1. The molecule has 24 heavy (non-hydrogen) atoms. The number of ether oxygens (including phenoxy) is 1. The predicted molar refractivity (Wildman–Crippen MR) is 80.7 cm³/mol. The Morgan fingerprint density at radius 2 is 2.08 bits per heavy atom. The van der Waals surface area contributed by atoms with Crippen LogP contribution in [0.3, 0.4) is 0 Å². The van der Waals surface area contributed by atoms with Gasteiger partial charge in [0.05, 0.1) is 19.3 Å². The van der Waals surface area contributed by atoms with Crippen molar-refractivity contribution in [1.82, 2.24) is 9.97 Å². The van der Waals surface area contributed by atoms with Crippen LogP contribution in [0.25, 0.3) is 0 Å². The van der Waals surface area contributed by atoms with Crippen LogP contribution in [0.15, 0.2) is 36.5 Å². The number of halogens is 3. The van der Waals surface area contributed by atoms with Gasteiger partial charge in [-0.15, -0.1) is 0 Å². The highest BCUT2D eigenvalue weighted by Gasteiger charge is 2.37. The van der Waals surface area contributed by atoms with Crippen LogP contribution in [0.1, 0.15) is 23.7 Å². The minimum Gasteiger partial charge on any atom is -0.497 e. The molecular weight excluding hydrogens is 323 g/mol. The largest absolute Gasteiger partial charge is 0.497 e. The van der Waals surface area contributed by atoms with Crippen molar-refractivity contribution in [2.24, 2.45) is 0 Å². The molecule has 2 heterocycles. The van der Waals surface area contributed by atoms with E-state index >= 15 is 0 Å². The van der Waals surface area contributed by atoms with E-state index in [0.29, 0.717) is 12.2 Å². The first-order valence-electron chi connectivity index (χ1n) is 7.37. The van der Waals surface area contributed by atoms with Gasteiger partial charge in [0.25, 0.3) is 0 Å². The Kier molecular flexibility index (Phi) is 4.31. The van der Waals surface area contributed by atoms with Crippen LogP contribution in [0.4, 0.5) is 19.1 Å². The van der Waals surface area contributed by atoms with Gasteiger partial charge in [-0.3, -0.25) is 0 Å². The van der Waals surface area contributed by atoms with E-state index in [4.69, 9.17) is 4.74 Å². The molecule has 1 aliphatic rings. The summed E-state index contributed by atoms with van der Waals surface area (Å²) < 4.78 is 43.8. The summed E-state index contributed by atoms with van der Waals surface area (Å²) in [6, 6.07) is 7.72. The molecule has 2 unspecified atom stereocenters. The molecule has 2 atom stereocenters. The fourth-order valence-electron chi connectivity index (χ4n) is 2.84. The van der Waals surface area contributed by atoms with Crippen molar-refractivity contribution in [3.63, 3.8) is 0 Å². The van der Waals surface area contributed by atoms with Crippen LogP contribution < -0.4 is 9.64 Å². The minimum atomic E-state index is -4.54. The Labute approximate surface area is 136 Å². The van der Waals surface area contributed by atoms with E-state index in [1.54, 1.807) is 23.1 Å². The summed E-state index contributed by atoms with van der Waals surface area (Å²) >= 11 is 0. The lowest BCUT2D eigenvalue weighted by molar-refractivity contribution is -0.141. The van der Waals surface area contributed by atoms with Gasteiger partial charge >= 0.3 is 6.18 Å². The van der Waals surface area contributed by atoms with Gasteiger partial charge < -0.3 is 14.7 Å². The van der Waals surface area contributed by atoms with Crippen LogP contribution in [-0.2, 0) is 6.18 Å². The van der Waals surface area contributed by atoms with Gasteiger partial charge in [0.2, 0.25) is 5.95 Å². The molecule has 0 aliphatic carbocycles. The number of aromatic nitrogens is 2. The maximum Gasteiger partial charge on any atom is 0.433 e. The molecule has 3 rings (SSSR count). The van der Waals surface area contributed by atoms with Crippen molar-refractivity contribution in [1.29, 1.82) is 0 Å². The maximum absolute atomic E-state index is 12.9. The van der Waals surface area contributed by atoms with Crippen molar-refractivity contribution >= 4 is 5.95 Å². The molecular formula is C16H16F3N3O2. The highest BCUT2D eigenvalue weighted by Crippen LogP contribution is 2.37. The van der Waals surface area contributed by atoms with Crippen molar-refractivity contribution in [3.8, 4) is 5.75 Å². The summed E-state index contributed by atoms with van der Waals surface area (Å²) in [5.41, 5.74) is -0.176. The van der Waals surface area contributed by atoms with E-state index in [0.717, 1.165) is 17.8 Å². The summed E-state index contributed by atoms with van der Waals surface area (Å²) in [6.07, 6.45) is -3.74. The summed E-state index contributed by atoms with van der Waals surface area (Å²) in [4.78, 5) is 9.18. The number of hydrogen-bond donors (Lipinski definition) is 1. The zero-order chi connectivity index (χ0) is 17.3. The van der Waals surface area contributed by atoms with Crippen molar-refractivity contribution in [2.45, 2.75) is 24.7 Å². The van der Waals surface area contributed by atoms with Gasteiger partial charge in [-0.25, -0.2) is 9.97 Å². The summed E-state index contributed by atoms with van der Waals surface area (Å²) in [7, 11) is 1.54. The number of anilines is 1. The molecule has 1 N–H and O–H groups in total. The maximum atomic E-state index is 12.9. The Morgan fingerprint density at radius 3 is 2.79 bits per heavy atom. The van der Waals surface area contributed by atoms with Gasteiger partial charge in [-0.2, -0.15) is 13.2 Å². The summed E-state index contributed by atoms with van der Waals surface area (Å²) in [5.74, 6) is 0.591. The molecule has 2 aromatic rings. The molecule has 1 aliphatic heterocycles. The standard InChI is InChI=1S/C16H16F3N3O2/c1-24-12-4-2-3-10(7-12)13-8-11(23)9-22(13)15-20-6-5-14(21-15)16(17,18)19/h2-7,11,13,23H,8-9H2,1H3. The third-order valence-corrected chi connectivity index (χ3v) is 3.95. The first-order valence-corrected chi connectivity index (χ1v) is 7.37. The number of β-amino-alcohol motifs (C(OH)–C–C–N with tert-alkyl or cyclic N) is 1. The molecule has 1 aromatic heterocycles. The van der Waals surface area contributed by atoms with Crippen LogP contribution in [0, 0.1) is 0 Å². The number of alkyl halides is 3. The van der Waals surface area contributed by atoms with E-state index in [2.05, 4.69) is 9.97 Å². The second kappa shape index (κ2) is 6.27. The zero-order valence-corrected chi connectivity index (χ0v) is 12.9. The van der Waals surface area contributed by atoms with Crippen molar-refractivity contribution in [3.05, 3.63) is 47.8 Å². The summed E-state index contributed by atoms with van der Waals surface area (Å²) in [5, 5.41) is 10.00. The van der Waals surface area contributed by atoms with Gasteiger partial charge in [-0.1, -0.05) is 12.1 Å². The number of aliphatic hydroxyl groups is 1. The lowest BCUT2D eigenvalue weighted by Crippen LogP contribution is -2.27. The van der Waals surface area contributed by atoms with Gasteiger partial charge in [-0.05, 0) is 30.2 Å². The first-order chi connectivity index (χ1) is 11.4. The third kappa shape index (κ3) is 3.28. The lowest BCUT2D eigenvalue weighted by atomic mass is 10.0. The molecule has 1 saturated heterocycles. The first kappa shape index (κ1) is 16.5. The van der Waals surface area contributed by atoms with Gasteiger partial charge in [0.15, 0.2) is 0 Å². The summed E-state index contributed by atoms with van der Waals surface area (Å²) in [6.45, 7) is 0.170. The molecule has 128 valence electrons. The second-order valence-corrected chi connectivity index (χ2v) is 5.57. The van der Waals surface area contributed by atoms with E-state index in [1.807, 2.05) is 6.07 Å². The Morgan fingerprint density at radius 1 is 1.29 bits per heavy atom. The van der Waals surface area contributed by atoms with E-state index < -0.39 is 18.0 Å². The Hall–Kier alpha value is -2.35. The van der Waals surface area contributed by atoms with Crippen LogP contribution in [0.5, 0.6) is 5.75 Å². The van der Waals surface area contributed by atoms with Crippen molar-refractivity contribution in [2.75, 3.05) is 18.6 Å². The Balaban J connectivity index is 1.96. The van der Waals surface area contributed by atoms with Gasteiger partial charge in [0, 0.05) is 12.7 Å². The molecule has 0 radical (unpaired) electrons. The van der Waals surface area contributed by atoms with Gasteiger partial charge in [0.1, 0.15) is 11.4 Å². The fraction of sp³-hybridized carbons (Fsp3) is 0.375. The lowest BCUT2D eigenvalue weighted by Gasteiger charge is -2.25. The number of aliphatic hydroxyl groups excluding tert-OH is 1. The van der Waals surface area contributed by atoms with E-state index in [-0.39, 0.29) is 18.5 Å². The quantitative estimate of drug-likeness (QED) is 0.932. The van der Waals surface area contributed by atoms with Crippen LogP contribution in [-0.4, -0.2) is 34.8 Å². The minimum absolute atomic E-state index is 0.0470.